The van der Waals surface area contributed by atoms with Gasteiger partial charge in [0.05, 0.1) is 6.04 Å². The van der Waals surface area contributed by atoms with E-state index in [0.29, 0.717) is 17.2 Å². The van der Waals surface area contributed by atoms with E-state index < -0.39 is 0 Å². The maximum Gasteiger partial charge on any atom is 0.257 e. The molecule has 0 radical (unpaired) electrons. The van der Waals surface area contributed by atoms with Gasteiger partial charge in [0.1, 0.15) is 5.82 Å². The Bertz CT molecular complexity index is 753. The Labute approximate surface area is 151 Å². The molecule has 1 unspecified atom stereocenters. The third kappa shape index (κ3) is 4.18. The van der Waals surface area contributed by atoms with Gasteiger partial charge in [-0.1, -0.05) is 6.07 Å². The molecule has 1 aliphatic heterocycles. The molecule has 130 valence electrons. The van der Waals surface area contributed by atoms with E-state index in [4.69, 9.17) is 12.2 Å². The Balaban J connectivity index is 1.74. The van der Waals surface area contributed by atoms with Crippen molar-refractivity contribution < 1.29 is 9.18 Å². The van der Waals surface area contributed by atoms with Gasteiger partial charge in [-0.05, 0) is 55.2 Å². The summed E-state index contributed by atoms with van der Waals surface area (Å²) in [4.78, 5) is 20.8. The second-order valence-electron chi connectivity index (χ2n) is 6.02. The second kappa shape index (κ2) is 7.67. The van der Waals surface area contributed by atoms with Gasteiger partial charge in [-0.2, -0.15) is 0 Å². The zero-order chi connectivity index (χ0) is 17.8. The first-order chi connectivity index (χ1) is 12.0. The minimum absolute atomic E-state index is 0.0217. The van der Waals surface area contributed by atoms with Crippen LogP contribution < -0.4 is 5.32 Å². The quantitative estimate of drug-likeness (QED) is 0.835. The van der Waals surface area contributed by atoms with Crippen LogP contribution in [0.25, 0.3) is 0 Å². The molecule has 2 heterocycles. The first-order valence-electron chi connectivity index (χ1n) is 8.00. The van der Waals surface area contributed by atoms with Gasteiger partial charge < -0.3 is 9.80 Å². The lowest BCUT2D eigenvalue weighted by Crippen LogP contribution is -2.53. The Morgan fingerprint density at radius 1 is 1.28 bits per heavy atom. The van der Waals surface area contributed by atoms with Gasteiger partial charge in [-0.3, -0.25) is 15.1 Å². The van der Waals surface area contributed by atoms with Crippen LogP contribution in [0.3, 0.4) is 0 Å². The summed E-state index contributed by atoms with van der Waals surface area (Å²) >= 11 is 5.47. The largest absolute Gasteiger partial charge is 0.339 e. The summed E-state index contributed by atoms with van der Waals surface area (Å²) in [6.07, 6.45) is 3.55. The van der Waals surface area contributed by atoms with E-state index in [1.165, 1.54) is 24.3 Å². The molecular weight excluding hydrogens is 339 g/mol. The number of likely N-dealkylation sites (N-methyl/N-ethyl adjacent to an activating group) is 1. The fraction of sp³-hybridized carbons (Fsp3) is 0.278. The zero-order valence-electron chi connectivity index (χ0n) is 13.9. The molecule has 5 nitrogen and oxygen atoms in total. The lowest BCUT2D eigenvalue weighted by Gasteiger charge is -2.41. The van der Waals surface area contributed by atoms with E-state index in [1.54, 1.807) is 6.20 Å². The van der Waals surface area contributed by atoms with Crippen LogP contribution in [0.4, 0.5) is 4.39 Å². The standard InChI is InChI=1S/C18H19FN4OS/c1-22-9-10-23(16(12-22)14-3-2-8-20-11-14)18(25)21-17(24)13-4-6-15(19)7-5-13/h2-8,11,16H,9-10,12H2,1H3,(H,21,24,25). The van der Waals surface area contributed by atoms with E-state index in [2.05, 4.69) is 22.2 Å². The van der Waals surface area contributed by atoms with Crippen molar-refractivity contribution in [1.82, 2.24) is 20.1 Å². The van der Waals surface area contributed by atoms with Crippen molar-refractivity contribution in [3.05, 3.63) is 65.7 Å². The smallest absolute Gasteiger partial charge is 0.257 e. The average molecular weight is 358 g/mol. The Hall–Kier alpha value is -2.38. The molecular formula is C18H19FN4OS. The molecule has 1 fully saturated rings. The Morgan fingerprint density at radius 2 is 2.04 bits per heavy atom. The summed E-state index contributed by atoms with van der Waals surface area (Å²) in [6, 6.07) is 9.31. The highest BCUT2D eigenvalue weighted by Crippen LogP contribution is 2.24. The van der Waals surface area contributed by atoms with E-state index in [0.717, 1.165) is 18.7 Å². The minimum atomic E-state index is -0.380. The number of thiocarbonyl (C=S) groups is 1. The summed E-state index contributed by atoms with van der Waals surface area (Å²) in [5.41, 5.74) is 1.42. The molecule has 1 atom stereocenters. The highest BCUT2D eigenvalue weighted by Gasteiger charge is 2.29. The maximum absolute atomic E-state index is 13.0. The minimum Gasteiger partial charge on any atom is -0.339 e. The summed E-state index contributed by atoms with van der Waals surface area (Å²) in [5.74, 6) is -0.719. The third-order valence-corrected chi connectivity index (χ3v) is 4.58. The molecule has 2 aromatic rings. The fourth-order valence-electron chi connectivity index (χ4n) is 2.86. The van der Waals surface area contributed by atoms with Crippen LogP contribution in [0.15, 0.2) is 48.8 Å². The summed E-state index contributed by atoms with van der Waals surface area (Å²) in [5, 5.41) is 3.13. The molecule has 0 bridgehead atoms. The van der Waals surface area contributed by atoms with Crippen molar-refractivity contribution in [2.45, 2.75) is 6.04 Å². The van der Waals surface area contributed by atoms with Crippen molar-refractivity contribution in [3.63, 3.8) is 0 Å². The number of halogens is 1. The molecule has 7 heteroatoms. The van der Waals surface area contributed by atoms with Gasteiger partial charge in [-0.15, -0.1) is 0 Å². The van der Waals surface area contributed by atoms with Gasteiger partial charge in [0.25, 0.3) is 5.91 Å². The molecule has 1 amide bonds. The number of carbonyl (C=O) groups is 1. The summed E-state index contributed by atoms with van der Waals surface area (Å²) < 4.78 is 13.0. The van der Waals surface area contributed by atoms with E-state index >= 15 is 0 Å². The molecule has 25 heavy (non-hydrogen) atoms. The Kier molecular flexibility index (Phi) is 5.35. The van der Waals surface area contributed by atoms with Crippen LogP contribution in [0.2, 0.25) is 0 Å². The predicted octanol–water partition coefficient (Wildman–Crippen LogP) is 2.22. The van der Waals surface area contributed by atoms with Crippen LogP contribution in [0.1, 0.15) is 22.0 Å². The first-order valence-corrected chi connectivity index (χ1v) is 8.41. The molecule has 1 aliphatic rings. The number of hydrogen-bond donors (Lipinski definition) is 1. The van der Waals surface area contributed by atoms with E-state index in [9.17, 15) is 9.18 Å². The number of nitrogens with zero attached hydrogens (tertiary/aromatic N) is 3. The van der Waals surface area contributed by atoms with Crippen LogP contribution in [0, 0.1) is 5.82 Å². The van der Waals surface area contributed by atoms with Crippen LogP contribution in [-0.2, 0) is 0 Å². The molecule has 3 rings (SSSR count). The number of benzene rings is 1. The van der Waals surface area contributed by atoms with Gasteiger partial charge >= 0.3 is 0 Å². The zero-order valence-corrected chi connectivity index (χ0v) is 14.7. The first kappa shape index (κ1) is 17.4. The monoisotopic (exact) mass is 358 g/mol. The maximum atomic E-state index is 13.0. The highest BCUT2D eigenvalue weighted by molar-refractivity contribution is 7.80. The summed E-state index contributed by atoms with van der Waals surface area (Å²) in [6.45, 7) is 2.35. The number of rotatable bonds is 2. The molecule has 0 aliphatic carbocycles. The molecule has 0 spiro atoms. The van der Waals surface area contributed by atoms with Gasteiger partial charge in [0, 0.05) is 37.6 Å². The molecule has 1 aromatic carbocycles. The van der Waals surface area contributed by atoms with Gasteiger partial charge in [0.2, 0.25) is 0 Å². The number of piperazine rings is 1. The van der Waals surface area contributed by atoms with Crippen molar-refractivity contribution in [3.8, 4) is 0 Å². The van der Waals surface area contributed by atoms with Crippen LogP contribution >= 0.6 is 12.2 Å². The highest BCUT2D eigenvalue weighted by atomic mass is 32.1. The van der Waals surface area contributed by atoms with Crippen LogP contribution in [-0.4, -0.2) is 52.5 Å². The number of carbonyl (C=O) groups excluding carboxylic acids is 1. The van der Waals surface area contributed by atoms with Gasteiger partial charge in [-0.25, -0.2) is 4.39 Å². The number of amides is 1. The SMILES string of the molecule is CN1CCN(C(=S)NC(=O)c2ccc(F)cc2)C(c2cccnc2)C1. The molecule has 0 saturated carbocycles. The average Bonchev–Trinajstić information content (AvgIpc) is 2.62. The molecule has 1 saturated heterocycles. The van der Waals surface area contributed by atoms with Crippen LogP contribution in [0.5, 0.6) is 0 Å². The lowest BCUT2D eigenvalue weighted by molar-refractivity contribution is 0.0962. The van der Waals surface area contributed by atoms with Crippen molar-refractivity contribution in [2.75, 3.05) is 26.7 Å². The molecule has 1 aromatic heterocycles. The number of pyridine rings is 1. The second-order valence-corrected chi connectivity index (χ2v) is 6.41. The van der Waals surface area contributed by atoms with Crippen molar-refractivity contribution in [1.29, 1.82) is 0 Å². The fourth-order valence-corrected chi connectivity index (χ4v) is 3.17. The van der Waals surface area contributed by atoms with E-state index in [-0.39, 0.29) is 17.8 Å². The molecule has 1 N–H and O–H groups in total. The Morgan fingerprint density at radius 3 is 2.72 bits per heavy atom. The van der Waals surface area contributed by atoms with E-state index in [1.807, 2.05) is 23.2 Å². The van der Waals surface area contributed by atoms with Crippen molar-refractivity contribution >= 4 is 23.2 Å². The lowest BCUT2D eigenvalue weighted by atomic mass is 10.1. The van der Waals surface area contributed by atoms with Crippen molar-refractivity contribution in [2.24, 2.45) is 0 Å². The predicted molar refractivity (Wildman–Crippen MR) is 97.6 cm³/mol. The number of nitrogens with one attached hydrogen (secondary N) is 1. The number of aromatic nitrogens is 1. The normalized spacial score (nSPS) is 18.0. The topological polar surface area (TPSA) is 48.5 Å². The summed E-state index contributed by atoms with van der Waals surface area (Å²) in [7, 11) is 2.06. The third-order valence-electron chi connectivity index (χ3n) is 4.24. The van der Waals surface area contributed by atoms with Gasteiger partial charge in [0.15, 0.2) is 5.11 Å². The number of hydrogen-bond acceptors (Lipinski definition) is 4.